The summed E-state index contributed by atoms with van der Waals surface area (Å²) < 4.78 is 0. The van der Waals surface area contributed by atoms with Crippen molar-refractivity contribution in [3.8, 4) is 0 Å². The Morgan fingerprint density at radius 1 is 1.17 bits per heavy atom. The van der Waals surface area contributed by atoms with Crippen molar-refractivity contribution >= 4 is 23.0 Å². The molecule has 0 spiro atoms. The van der Waals surface area contributed by atoms with E-state index in [0.717, 1.165) is 35.1 Å². The SMILES string of the molecule is S=C(NC[C@@H]1C[C@H]2CC[C@@H]1C2)Nc1ccccc1. The molecule has 0 amide bonds. The van der Waals surface area contributed by atoms with Crippen LogP contribution in [0.3, 0.4) is 0 Å². The van der Waals surface area contributed by atoms with Crippen LogP contribution >= 0.6 is 12.2 Å². The standard InChI is InChI=1S/C15H20N2S/c18-15(17-14-4-2-1-3-5-14)16-10-13-9-11-6-7-12(13)8-11/h1-5,11-13H,6-10H2,(H2,16,17,18)/t11-,12+,13-/m0/s1. The molecule has 1 aromatic rings. The van der Waals surface area contributed by atoms with E-state index in [1.54, 1.807) is 0 Å². The minimum absolute atomic E-state index is 0.754. The largest absolute Gasteiger partial charge is 0.362 e. The predicted octanol–water partition coefficient (Wildman–Crippen LogP) is 3.41. The van der Waals surface area contributed by atoms with Gasteiger partial charge in [0.25, 0.3) is 0 Å². The molecule has 2 N–H and O–H groups in total. The van der Waals surface area contributed by atoms with Crippen molar-refractivity contribution in [2.24, 2.45) is 17.8 Å². The van der Waals surface area contributed by atoms with E-state index in [-0.39, 0.29) is 0 Å². The number of thiocarbonyl (C=S) groups is 1. The van der Waals surface area contributed by atoms with Gasteiger partial charge < -0.3 is 10.6 Å². The first kappa shape index (κ1) is 12.0. The van der Waals surface area contributed by atoms with Gasteiger partial charge in [-0.15, -0.1) is 0 Å². The molecule has 2 fully saturated rings. The topological polar surface area (TPSA) is 24.1 Å². The quantitative estimate of drug-likeness (QED) is 0.814. The van der Waals surface area contributed by atoms with E-state index < -0.39 is 0 Å². The van der Waals surface area contributed by atoms with E-state index >= 15 is 0 Å². The number of hydrogen-bond acceptors (Lipinski definition) is 1. The summed E-state index contributed by atoms with van der Waals surface area (Å²) in [5.74, 6) is 2.82. The third-order valence-electron chi connectivity index (χ3n) is 4.44. The zero-order valence-electron chi connectivity index (χ0n) is 10.6. The Morgan fingerprint density at radius 2 is 2.00 bits per heavy atom. The van der Waals surface area contributed by atoms with E-state index in [9.17, 15) is 0 Å². The highest BCUT2D eigenvalue weighted by Crippen LogP contribution is 2.47. The number of fused-ring (bicyclic) bond motifs is 2. The van der Waals surface area contributed by atoms with Crippen molar-refractivity contribution in [3.63, 3.8) is 0 Å². The Balaban J connectivity index is 1.45. The number of benzene rings is 1. The van der Waals surface area contributed by atoms with Crippen molar-refractivity contribution < 1.29 is 0 Å². The van der Waals surface area contributed by atoms with Crippen LogP contribution < -0.4 is 10.6 Å². The van der Waals surface area contributed by atoms with Crippen LogP contribution in [0, 0.1) is 17.8 Å². The molecule has 3 heteroatoms. The van der Waals surface area contributed by atoms with E-state index in [1.807, 2.05) is 30.3 Å². The summed E-state index contributed by atoms with van der Waals surface area (Å²) in [6.45, 7) is 1.04. The third kappa shape index (κ3) is 2.66. The van der Waals surface area contributed by atoms with Crippen LogP contribution in [0.5, 0.6) is 0 Å². The second kappa shape index (κ2) is 5.27. The van der Waals surface area contributed by atoms with Crippen LogP contribution in [-0.2, 0) is 0 Å². The average Bonchev–Trinajstić information content (AvgIpc) is 3.00. The number of para-hydroxylation sites is 1. The van der Waals surface area contributed by atoms with Crippen molar-refractivity contribution in [2.75, 3.05) is 11.9 Å². The summed E-state index contributed by atoms with van der Waals surface area (Å²) in [5.41, 5.74) is 1.06. The van der Waals surface area contributed by atoms with Crippen molar-refractivity contribution in [2.45, 2.75) is 25.7 Å². The third-order valence-corrected chi connectivity index (χ3v) is 4.69. The minimum atomic E-state index is 0.754. The average molecular weight is 260 g/mol. The smallest absolute Gasteiger partial charge is 0.170 e. The van der Waals surface area contributed by atoms with Crippen molar-refractivity contribution in [1.29, 1.82) is 0 Å². The molecule has 0 radical (unpaired) electrons. The summed E-state index contributed by atoms with van der Waals surface area (Å²) in [6, 6.07) is 10.1. The fraction of sp³-hybridized carbons (Fsp3) is 0.533. The maximum absolute atomic E-state index is 5.33. The van der Waals surface area contributed by atoms with E-state index in [1.165, 1.54) is 25.7 Å². The molecule has 0 aromatic heterocycles. The Labute approximate surface area is 114 Å². The van der Waals surface area contributed by atoms with Gasteiger partial charge in [-0.2, -0.15) is 0 Å². The summed E-state index contributed by atoms with van der Waals surface area (Å²) in [4.78, 5) is 0. The fourth-order valence-electron chi connectivity index (χ4n) is 3.55. The lowest BCUT2D eigenvalue weighted by Crippen LogP contribution is -2.34. The van der Waals surface area contributed by atoms with E-state index in [2.05, 4.69) is 10.6 Å². The Hall–Kier alpha value is -1.09. The molecule has 0 saturated heterocycles. The maximum Gasteiger partial charge on any atom is 0.170 e. The minimum Gasteiger partial charge on any atom is -0.362 e. The summed E-state index contributed by atoms with van der Waals surface area (Å²) in [6.07, 6.45) is 5.78. The molecule has 0 aliphatic heterocycles. The lowest BCUT2D eigenvalue weighted by atomic mass is 9.89. The zero-order chi connectivity index (χ0) is 12.4. The second-order valence-corrected chi connectivity index (χ2v) is 6.04. The first-order valence-corrected chi connectivity index (χ1v) is 7.32. The van der Waals surface area contributed by atoms with Crippen LogP contribution in [0.15, 0.2) is 30.3 Å². The zero-order valence-corrected chi connectivity index (χ0v) is 11.4. The molecule has 2 nitrogen and oxygen atoms in total. The highest BCUT2D eigenvalue weighted by Gasteiger charge is 2.39. The van der Waals surface area contributed by atoms with Crippen LogP contribution in [0.1, 0.15) is 25.7 Å². The summed E-state index contributed by atoms with van der Waals surface area (Å²) in [7, 11) is 0. The van der Waals surface area contributed by atoms with Gasteiger partial charge in [-0.05, 0) is 61.4 Å². The molecule has 0 heterocycles. The van der Waals surface area contributed by atoms with Gasteiger partial charge in [0.05, 0.1) is 0 Å². The molecule has 2 bridgehead atoms. The van der Waals surface area contributed by atoms with Crippen molar-refractivity contribution in [3.05, 3.63) is 30.3 Å². The van der Waals surface area contributed by atoms with Gasteiger partial charge in [-0.25, -0.2) is 0 Å². The van der Waals surface area contributed by atoms with Crippen LogP contribution in [-0.4, -0.2) is 11.7 Å². The van der Waals surface area contributed by atoms with Crippen LogP contribution in [0.2, 0.25) is 0 Å². The van der Waals surface area contributed by atoms with Gasteiger partial charge in [0.2, 0.25) is 0 Å². The molecule has 18 heavy (non-hydrogen) atoms. The molecule has 96 valence electrons. The molecule has 1 aromatic carbocycles. The molecule has 2 aliphatic carbocycles. The normalized spacial score (nSPS) is 29.2. The number of anilines is 1. The van der Waals surface area contributed by atoms with Gasteiger partial charge >= 0.3 is 0 Å². The van der Waals surface area contributed by atoms with E-state index in [0.29, 0.717) is 0 Å². The Bertz CT molecular complexity index is 418. The number of nitrogens with one attached hydrogen (secondary N) is 2. The fourth-order valence-corrected chi connectivity index (χ4v) is 3.75. The monoisotopic (exact) mass is 260 g/mol. The highest BCUT2D eigenvalue weighted by atomic mass is 32.1. The van der Waals surface area contributed by atoms with Gasteiger partial charge in [-0.3, -0.25) is 0 Å². The molecular weight excluding hydrogens is 240 g/mol. The lowest BCUT2D eigenvalue weighted by molar-refractivity contribution is 0.332. The second-order valence-electron chi connectivity index (χ2n) is 5.64. The molecule has 2 saturated carbocycles. The number of hydrogen-bond donors (Lipinski definition) is 2. The lowest BCUT2D eigenvalue weighted by Gasteiger charge is -2.22. The molecule has 3 atom stereocenters. The van der Waals surface area contributed by atoms with Gasteiger partial charge in [0, 0.05) is 12.2 Å². The van der Waals surface area contributed by atoms with Crippen LogP contribution in [0.25, 0.3) is 0 Å². The Kier molecular flexibility index (Phi) is 3.50. The van der Waals surface area contributed by atoms with Gasteiger partial charge in [0.15, 0.2) is 5.11 Å². The predicted molar refractivity (Wildman–Crippen MR) is 79.6 cm³/mol. The molecule has 3 rings (SSSR count). The van der Waals surface area contributed by atoms with Crippen molar-refractivity contribution in [1.82, 2.24) is 5.32 Å². The van der Waals surface area contributed by atoms with Gasteiger partial charge in [-0.1, -0.05) is 24.6 Å². The first-order valence-electron chi connectivity index (χ1n) is 6.91. The highest BCUT2D eigenvalue weighted by molar-refractivity contribution is 7.80. The molecule has 2 aliphatic rings. The summed E-state index contributed by atoms with van der Waals surface area (Å²) >= 11 is 5.33. The Morgan fingerprint density at radius 3 is 2.67 bits per heavy atom. The van der Waals surface area contributed by atoms with Crippen LogP contribution in [0.4, 0.5) is 5.69 Å². The molecule has 0 unspecified atom stereocenters. The maximum atomic E-state index is 5.33. The van der Waals surface area contributed by atoms with E-state index in [4.69, 9.17) is 12.2 Å². The molecular formula is C15H20N2S. The summed E-state index contributed by atoms with van der Waals surface area (Å²) in [5, 5.41) is 7.36. The first-order chi connectivity index (χ1) is 8.81. The number of rotatable bonds is 3. The van der Waals surface area contributed by atoms with Gasteiger partial charge in [0.1, 0.15) is 0 Å².